The van der Waals surface area contributed by atoms with Gasteiger partial charge in [-0.1, -0.05) is 11.6 Å². The van der Waals surface area contributed by atoms with E-state index in [9.17, 15) is 9.59 Å². The molecule has 0 fully saturated rings. The number of nitrogens with one attached hydrogen (secondary N) is 2. The van der Waals surface area contributed by atoms with Gasteiger partial charge in [0, 0.05) is 18.0 Å². The molecule has 7 heteroatoms. The van der Waals surface area contributed by atoms with Crippen molar-refractivity contribution in [1.29, 1.82) is 0 Å². The molecule has 2 amide bonds. The highest BCUT2D eigenvalue weighted by molar-refractivity contribution is 6.34. The van der Waals surface area contributed by atoms with Crippen LogP contribution in [0.15, 0.2) is 12.1 Å². The highest BCUT2D eigenvalue weighted by Crippen LogP contribution is 2.36. The van der Waals surface area contributed by atoms with Crippen molar-refractivity contribution in [3.63, 3.8) is 0 Å². The third-order valence-electron chi connectivity index (χ3n) is 2.59. The van der Waals surface area contributed by atoms with E-state index in [1.807, 2.05) is 0 Å². The molecule has 1 aromatic carbocycles. The molecule has 4 N–H and O–H groups in total. The fraction of sp³-hybridized carbons (Fsp3) is 0.385. The summed E-state index contributed by atoms with van der Waals surface area (Å²) < 4.78 is 5.27. The second-order valence-electron chi connectivity index (χ2n) is 5.38. The van der Waals surface area contributed by atoms with E-state index in [1.165, 1.54) is 6.07 Å². The normalized spacial score (nSPS) is 14.1. The minimum Gasteiger partial charge on any atom is -0.482 e. The van der Waals surface area contributed by atoms with E-state index in [1.54, 1.807) is 19.9 Å². The van der Waals surface area contributed by atoms with Crippen LogP contribution in [0.2, 0.25) is 5.02 Å². The summed E-state index contributed by atoms with van der Waals surface area (Å²) in [6.07, 6.45) is 0.165. The molecule has 0 saturated heterocycles. The van der Waals surface area contributed by atoms with E-state index in [0.717, 1.165) is 0 Å². The number of anilines is 2. The maximum Gasteiger partial charge on any atom is 0.262 e. The largest absolute Gasteiger partial charge is 0.482 e. The Morgan fingerprint density at radius 3 is 2.90 bits per heavy atom. The van der Waals surface area contributed by atoms with Crippen LogP contribution in [0.1, 0.15) is 20.3 Å². The first-order chi connectivity index (χ1) is 9.24. The highest BCUT2D eigenvalue weighted by atomic mass is 35.5. The van der Waals surface area contributed by atoms with Crippen LogP contribution >= 0.6 is 11.6 Å². The number of benzene rings is 1. The van der Waals surface area contributed by atoms with Crippen molar-refractivity contribution in [2.45, 2.75) is 25.8 Å². The molecule has 1 heterocycles. The second-order valence-corrected chi connectivity index (χ2v) is 5.79. The van der Waals surface area contributed by atoms with Gasteiger partial charge < -0.3 is 21.1 Å². The standard InChI is InChI=1S/C13H16ClN3O3/c1-13(2,15)5-11(18)16-8-4-10-9(3-7(8)14)17-12(19)6-20-10/h3-4H,5-6,15H2,1-2H3,(H,16,18)(H,17,19). The number of hydrogen-bond donors (Lipinski definition) is 3. The first-order valence-electron chi connectivity index (χ1n) is 6.09. The highest BCUT2D eigenvalue weighted by Gasteiger charge is 2.21. The van der Waals surface area contributed by atoms with Crippen LogP contribution in [0.4, 0.5) is 11.4 Å². The Morgan fingerprint density at radius 2 is 2.25 bits per heavy atom. The number of carbonyl (C=O) groups is 2. The van der Waals surface area contributed by atoms with Crippen molar-refractivity contribution in [2.75, 3.05) is 17.2 Å². The first kappa shape index (κ1) is 14.6. The number of hydrogen-bond acceptors (Lipinski definition) is 4. The predicted molar refractivity (Wildman–Crippen MR) is 77.1 cm³/mol. The number of rotatable bonds is 3. The van der Waals surface area contributed by atoms with Crippen molar-refractivity contribution >= 4 is 34.8 Å². The molecule has 6 nitrogen and oxygen atoms in total. The van der Waals surface area contributed by atoms with Gasteiger partial charge in [-0.15, -0.1) is 0 Å². The Labute approximate surface area is 121 Å². The minimum atomic E-state index is -0.602. The zero-order valence-corrected chi connectivity index (χ0v) is 12.0. The SMILES string of the molecule is CC(C)(N)CC(=O)Nc1cc2c(cc1Cl)NC(=O)CO2. The molecule has 1 aliphatic rings. The van der Waals surface area contributed by atoms with Crippen molar-refractivity contribution in [2.24, 2.45) is 5.73 Å². The van der Waals surface area contributed by atoms with Gasteiger partial charge in [0.25, 0.3) is 5.91 Å². The van der Waals surface area contributed by atoms with Crippen molar-refractivity contribution in [3.8, 4) is 5.75 Å². The molecule has 0 aromatic heterocycles. The Balaban J connectivity index is 2.17. The fourth-order valence-electron chi connectivity index (χ4n) is 1.80. The third kappa shape index (κ3) is 3.61. The molecule has 1 aliphatic heterocycles. The van der Waals surface area contributed by atoms with Crippen LogP contribution in [0.5, 0.6) is 5.75 Å². The Hall–Kier alpha value is -1.79. The third-order valence-corrected chi connectivity index (χ3v) is 2.91. The van der Waals surface area contributed by atoms with Crippen LogP contribution in [0, 0.1) is 0 Å². The van der Waals surface area contributed by atoms with E-state index < -0.39 is 5.54 Å². The maximum atomic E-state index is 11.8. The molecule has 0 unspecified atom stereocenters. The number of amides is 2. The molecule has 0 spiro atoms. The lowest BCUT2D eigenvalue weighted by atomic mass is 10.0. The van der Waals surface area contributed by atoms with Crippen molar-refractivity contribution in [3.05, 3.63) is 17.2 Å². The smallest absolute Gasteiger partial charge is 0.262 e. The van der Waals surface area contributed by atoms with Crippen LogP contribution in [0.25, 0.3) is 0 Å². The van der Waals surface area contributed by atoms with E-state index in [4.69, 9.17) is 22.1 Å². The second kappa shape index (κ2) is 5.30. The maximum absolute atomic E-state index is 11.8. The van der Waals surface area contributed by atoms with E-state index >= 15 is 0 Å². The summed E-state index contributed by atoms with van der Waals surface area (Å²) in [6.45, 7) is 3.47. The van der Waals surface area contributed by atoms with E-state index in [-0.39, 0.29) is 24.8 Å². The van der Waals surface area contributed by atoms with Crippen LogP contribution < -0.4 is 21.1 Å². The molecule has 108 valence electrons. The molecule has 0 saturated carbocycles. The molecular weight excluding hydrogens is 282 g/mol. The van der Waals surface area contributed by atoms with Gasteiger partial charge in [-0.3, -0.25) is 9.59 Å². The molecule has 1 aromatic rings. The van der Waals surface area contributed by atoms with Gasteiger partial charge in [0.15, 0.2) is 6.61 Å². The number of halogens is 1. The lowest BCUT2D eigenvalue weighted by Gasteiger charge is -2.21. The molecule has 0 aliphatic carbocycles. The van der Waals surface area contributed by atoms with Gasteiger partial charge in [0.1, 0.15) is 5.75 Å². The molecule has 20 heavy (non-hydrogen) atoms. The van der Waals surface area contributed by atoms with E-state index in [0.29, 0.717) is 22.1 Å². The number of ether oxygens (including phenoxy) is 1. The van der Waals surface area contributed by atoms with E-state index in [2.05, 4.69) is 10.6 Å². The average molecular weight is 298 g/mol. The minimum absolute atomic E-state index is 0.0577. The zero-order chi connectivity index (χ0) is 14.9. The van der Waals surface area contributed by atoms with Gasteiger partial charge in [0.05, 0.1) is 16.4 Å². The molecule has 2 rings (SSSR count). The lowest BCUT2D eigenvalue weighted by Crippen LogP contribution is -2.36. The quantitative estimate of drug-likeness (QED) is 0.792. The molecule has 0 bridgehead atoms. The monoisotopic (exact) mass is 297 g/mol. The summed E-state index contributed by atoms with van der Waals surface area (Å²) in [5.74, 6) is -0.00858. The van der Waals surface area contributed by atoms with Crippen LogP contribution in [-0.4, -0.2) is 24.0 Å². The van der Waals surface area contributed by atoms with Gasteiger partial charge in [-0.05, 0) is 19.9 Å². The van der Waals surface area contributed by atoms with Crippen molar-refractivity contribution < 1.29 is 14.3 Å². The summed E-state index contributed by atoms with van der Waals surface area (Å²) in [6, 6.07) is 3.12. The topological polar surface area (TPSA) is 93.5 Å². The predicted octanol–water partition coefficient (Wildman–Crippen LogP) is 1.74. The summed E-state index contributed by atoms with van der Waals surface area (Å²) >= 11 is 6.07. The summed E-state index contributed by atoms with van der Waals surface area (Å²) in [5.41, 5.74) is 6.10. The molecular formula is C13H16ClN3O3. The first-order valence-corrected chi connectivity index (χ1v) is 6.47. The van der Waals surface area contributed by atoms with Gasteiger partial charge in [-0.25, -0.2) is 0 Å². The Bertz CT molecular complexity index is 567. The Kier molecular flexibility index (Phi) is 3.87. The average Bonchev–Trinajstić information content (AvgIpc) is 2.28. The summed E-state index contributed by atoms with van der Waals surface area (Å²) in [7, 11) is 0. The summed E-state index contributed by atoms with van der Waals surface area (Å²) in [4.78, 5) is 23.0. The number of fused-ring (bicyclic) bond motifs is 1. The van der Waals surface area contributed by atoms with Gasteiger partial charge >= 0.3 is 0 Å². The molecule has 0 atom stereocenters. The summed E-state index contributed by atoms with van der Waals surface area (Å²) in [5, 5.41) is 5.64. The zero-order valence-electron chi connectivity index (χ0n) is 11.2. The van der Waals surface area contributed by atoms with Crippen LogP contribution in [0.3, 0.4) is 0 Å². The number of carbonyl (C=O) groups excluding carboxylic acids is 2. The number of nitrogens with two attached hydrogens (primary N) is 1. The molecule has 0 radical (unpaired) electrons. The van der Waals surface area contributed by atoms with Crippen molar-refractivity contribution in [1.82, 2.24) is 0 Å². The Morgan fingerprint density at radius 1 is 1.55 bits per heavy atom. The van der Waals surface area contributed by atoms with Gasteiger partial charge in [-0.2, -0.15) is 0 Å². The lowest BCUT2D eigenvalue weighted by molar-refractivity contribution is -0.119. The fourth-order valence-corrected chi connectivity index (χ4v) is 2.01. The van der Waals surface area contributed by atoms with Crippen LogP contribution in [-0.2, 0) is 9.59 Å². The van der Waals surface area contributed by atoms with Gasteiger partial charge in [0.2, 0.25) is 5.91 Å².